The largest absolute Gasteiger partial charge is 0.493 e. The lowest BCUT2D eigenvalue weighted by Crippen LogP contribution is -2.36. The molecule has 1 aliphatic heterocycles. The van der Waals surface area contributed by atoms with Crippen molar-refractivity contribution in [3.05, 3.63) is 36.5 Å². The van der Waals surface area contributed by atoms with Gasteiger partial charge in [0.1, 0.15) is 11.9 Å². The number of rotatable bonds is 5. The van der Waals surface area contributed by atoms with Crippen molar-refractivity contribution in [2.75, 3.05) is 32.2 Å². The molecule has 1 atom stereocenters. The second kappa shape index (κ2) is 7.63. The molecule has 1 aliphatic rings. The Balaban J connectivity index is 1.56. The van der Waals surface area contributed by atoms with Gasteiger partial charge in [-0.3, -0.25) is 0 Å². The van der Waals surface area contributed by atoms with Gasteiger partial charge < -0.3 is 24.0 Å². The van der Waals surface area contributed by atoms with Gasteiger partial charge in [0.15, 0.2) is 17.3 Å². The number of aliphatic hydroxyl groups excluding tert-OH is 1. The molecule has 1 unspecified atom stereocenters. The van der Waals surface area contributed by atoms with Gasteiger partial charge in [-0.1, -0.05) is 0 Å². The summed E-state index contributed by atoms with van der Waals surface area (Å²) in [7, 11) is 5.16. The van der Waals surface area contributed by atoms with Gasteiger partial charge in [0.2, 0.25) is 0 Å². The summed E-state index contributed by atoms with van der Waals surface area (Å²) < 4.78 is 12.7. The van der Waals surface area contributed by atoms with E-state index in [0.717, 1.165) is 48.3 Å². The molecule has 3 aromatic rings. The van der Waals surface area contributed by atoms with Crippen molar-refractivity contribution < 1.29 is 14.6 Å². The lowest BCUT2D eigenvalue weighted by molar-refractivity contribution is 0.0824. The maximum atomic E-state index is 10.7. The Morgan fingerprint density at radius 1 is 1.14 bits per heavy atom. The zero-order valence-corrected chi connectivity index (χ0v) is 16.4. The predicted molar refractivity (Wildman–Crippen MR) is 106 cm³/mol. The molecule has 3 heterocycles. The Labute approximate surface area is 163 Å². The van der Waals surface area contributed by atoms with Gasteiger partial charge in [0, 0.05) is 43.3 Å². The van der Waals surface area contributed by atoms with Crippen LogP contribution in [0.15, 0.2) is 30.7 Å². The van der Waals surface area contributed by atoms with Crippen molar-refractivity contribution in [1.82, 2.24) is 19.7 Å². The minimum absolute atomic E-state index is 0.176. The van der Waals surface area contributed by atoms with Crippen LogP contribution in [0.4, 0.5) is 5.82 Å². The summed E-state index contributed by atoms with van der Waals surface area (Å²) in [6.45, 7) is 1.60. The summed E-state index contributed by atoms with van der Waals surface area (Å²) in [4.78, 5) is 6.52. The van der Waals surface area contributed by atoms with Gasteiger partial charge in [-0.15, -0.1) is 5.10 Å². The molecule has 1 saturated heterocycles. The monoisotopic (exact) mass is 383 g/mol. The molecular weight excluding hydrogens is 358 g/mol. The number of methoxy groups -OCH3 is 2. The standard InChI is InChI=1S/C20H25N5O3/c1-24-9-6-21-20(24)18(26)13-4-7-25(8-5-13)19-15-11-17(28-3)16(27-2)10-14(15)12-22-23-19/h6,9-13,18,26H,4-5,7-8H2,1-3H3. The molecule has 148 valence electrons. The molecule has 0 spiro atoms. The van der Waals surface area contributed by atoms with Crippen molar-refractivity contribution in [3.8, 4) is 11.5 Å². The zero-order valence-electron chi connectivity index (χ0n) is 16.4. The van der Waals surface area contributed by atoms with Gasteiger partial charge in [0.25, 0.3) is 0 Å². The van der Waals surface area contributed by atoms with Crippen LogP contribution in [-0.2, 0) is 7.05 Å². The highest BCUT2D eigenvalue weighted by molar-refractivity contribution is 5.94. The maximum absolute atomic E-state index is 10.7. The summed E-state index contributed by atoms with van der Waals surface area (Å²) in [6.07, 6.45) is 6.49. The molecule has 2 aromatic heterocycles. The van der Waals surface area contributed by atoms with Gasteiger partial charge in [0.05, 0.1) is 20.4 Å². The SMILES string of the molecule is COc1cc2cnnc(N3CCC(C(O)c4nccn4C)CC3)c2cc1OC. The van der Waals surface area contributed by atoms with Crippen LogP contribution in [0.5, 0.6) is 11.5 Å². The second-order valence-corrected chi connectivity index (χ2v) is 7.13. The highest BCUT2D eigenvalue weighted by atomic mass is 16.5. The van der Waals surface area contributed by atoms with Crippen molar-refractivity contribution in [1.29, 1.82) is 0 Å². The number of piperidine rings is 1. The number of imidazole rings is 1. The number of fused-ring (bicyclic) bond motifs is 1. The minimum atomic E-state index is -0.551. The van der Waals surface area contributed by atoms with Crippen molar-refractivity contribution in [3.63, 3.8) is 0 Å². The van der Waals surface area contributed by atoms with Crippen LogP contribution >= 0.6 is 0 Å². The Bertz CT molecular complexity index is 966. The second-order valence-electron chi connectivity index (χ2n) is 7.13. The smallest absolute Gasteiger partial charge is 0.161 e. The molecule has 4 rings (SSSR count). The Hall–Kier alpha value is -2.87. The fraction of sp³-hybridized carbons (Fsp3) is 0.450. The summed E-state index contributed by atoms with van der Waals surface area (Å²) >= 11 is 0. The first-order valence-electron chi connectivity index (χ1n) is 9.40. The van der Waals surface area contributed by atoms with Crippen LogP contribution < -0.4 is 14.4 Å². The van der Waals surface area contributed by atoms with Crippen LogP contribution in [0.25, 0.3) is 10.8 Å². The van der Waals surface area contributed by atoms with Crippen LogP contribution in [0.3, 0.4) is 0 Å². The van der Waals surface area contributed by atoms with E-state index in [2.05, 4.69) is 20.1 Å². The van der Waals surface area contributed by atoms with Crippen LogP contribution in [0.2, 0.25) is 0 Å². The summed E-state index contributed by atoms with van der Waals surface area (Å²) in [6, 6.07) is 3.87. The Morgan fingerprint density at radius 2 is 1.86 bits per heavy atom. The molecule has 0 radical (unpaired) electrons. The molecular formula is C20H25N5O3. The van der Waals surface area contributed by atoms with E-state index in [-0.39, 0.29) is 5.92 Å². The molecule has 0 saturated carbocycles. The number of hydrogen-bond acceptors (Lipinski definition) is 7. The van der Waals surface area contributed by atoms with Crippen molar-refractivity contribution in [2.24, 2.45) is 13.0 Å². The summed E-state index contributed by atoms with van der Waals surface area (Å²) in [5.41, 5.74) is 0. The highest BCUT2D eigenvalue weighted by Gasteiger charge is 2.29. The molecule has 0 bridgehead atoms. The first kappa shape index (κ1) is 18.5. The fourth-order valence-corrected chi connectivity index (χ4v) is 3.93. The Morgan fingerprint density at radius 3 is 2.50 bits per heavy atom. The number of hydrogen-bond donors (Lipinski definition) is 1. The summed E-state index contributed by atoms with van der Waals surface area (Å²) in [5.74, 6) is 3.08. The lowest BCUT2D eigenvalue weighted by atomic mass is 9.90. The molecule has 28 heavy (non-hydrogen) atoms. The maximum Gasteiger partial charge on any atom is 0.161 e. The first-order valence-corrected chi connectivity index (χ1v) is 9.40. The topological polar surface area (TPSA) is 85.5 Å². The number of aliphatic hydroxyl groups is 1. The van der Waals surface area contributed by atoms with E-state index in [0.29, 0.717) is 11.5 Å². The number of nitrogens with zero attached hydrogens (tertiary/aromatic N) is 5. The van der Waals surface area contributed by atoms with Crippen molar-refractivity contribution in [2.45, 2.75) is 18.9 Å². The molecule has 1 N–H and O–H groups in total. The average Bonchev–Trinajstić information content (AvgIpc) is 3.17. The van der Waals surface area contributed by atoms with E-state index in [1.54, 1.807) is 26.6 Å². The quantitative estimate of drug-likeness (QED) is 0.724. The number of anilines is 1. The zero-order chi connectivity index (χ0) is 19.7. The van der Waals surface area contributed by atoms with Gasteiger partial charge in [-0.05, 0) is 30.9 Å². The number of ether oxygens (including phenoxy) is 2. The number of aryl methyl sites for hydroxylation is 1. The third-order valence-corrected chi connectivity index (χ3v) is 5.55. The number of aromatic nitrogens is 4. The normalized spacial score (nSPS) is 16.4. The van der Waals surface area contributed by atoms with E-state index in [4.69, 9.17) is 9.47 Å². The molecule has 8 nitrogen and oxygen atoms in total. The van der Waals surface area contributed by atoms with E-state index < -0.39 is 6.10 Å². The van der Waals surface area contributed by atoms with E-state index >= 15 is 0 Å². The lowest BCUT2D eigenvalue weighted by Gasteiger charge is -2.34. The summed E-state index contributed by atoms with van der Waals surface area (Å²) in [5, 5.41) is 21.2. The highest BCUT2D eigenvalue weighted by Crippen LogP contribution is 2.37. The molecule has 0 amide bonds. The average molecular weight is 383 g/mol. The van der Waals surface area contributed by atoms with E-state index in [1.807, 2.05) is 29.9 Å². The van der Waals surface area contributed by atoms with Crippen LogP contribution in [0, 0.1) is 5.92 Å². The minimum Gasteiger partial charge on any atom is -0.493 e. The van der Waals surface area contributed by atoms with Gasteiger partial charge in [-0.25, -0.2) is 4.98 Å². The molecule has 1 aromatic carbocycles. The van der Waals surface area contributed by atoms with Gasteiger partial charge in [-0.2, -0.15) is 5.10 Å². The first-order chi connectivity index (χ1) is 13.6. The Kier molecular flexibility index (Phi) is 5.04. The van der Waals surface area contributed by atoms with E-state index in [1.165, 1.54) is 0 Å². The molecule has 8 heteroatoms. The number of benzene rings is 1. The third kappa shape index (κ3) is 3.24. The van der Waals surface area contributed by atoms with Gasteiger partial charge >= 0.3 is 0 Å². The van der Waals surface area contributed by atoms with Crippen LogP contribution in [-0.4, -0.2) is 52.2 Å². The third-order valence-electron chi connectivity index (χ3n) is 5.55. The molecule has 1 fully saturated rings. The van der Waals surface area contributed by atoms with Crippen LogP contribution in [0.1, 0.15) is 24.8 Å². The predicted octanol–water partition coefficient (Wildman–Crippen LogP) is 2.33. The fourth-order valence-electron chi connectivity index (χ4n) is 3.93. The van der Waals surface area contributed by atoms with Crippen molar-refractivity contribution >= 4 is 16.6 Å². The van der Waals surface area contributed by atoms with E-state index in [9.17, 15) is 5.11 Å². The molecule has 0 aliphatic carbocycles.